The molecule has 1 aliphatic rings. The lowest BCUT2D eigenvalue weighted by Crippen LogP contribution is -2.35. The number of halogens is 1. The summed E-state index contributed by atoms with van der Waals surface area (Å²) in [5.41, 5.74) is 3.69. The van der Waals surface area contributed by atoms with Crippen LogP contribution < -0.4 is 5.32 Å². The van der Waals surface area contributed by atoms with Crippen molar-refractivity contribution in [2.75, 3.05) is 19.6 Å². The molecule has 120 valence electrons. The number of aromatic nitrogens is 1. The van der Waals surface area contributed by atoms with Crippen LogP contribution in [0.15, 0.2) is 22.3 Å². The van der Waals surface area contributed by atoms with Crippen molar-refractivity contribution in [3.05, 3.63) is 38.5 Å². The summed E-state index contributed by atoms with van der Waals surface area (Å²) in [5, 5.41) is 7.27. The van der Waals surface area contributed by atoms with Crippen LogP contribution in [0.5, 0.6) is 0 Å². The van der Waals surface area contributed by atoms with Gasteiger partial charge in [0.15, 0.2) is 0 Å². The molecular weight excluding hydrogens is 338 g/mol. The molecule has 1 saturated heterocycles. The molecule has 1 amide bonds. The van der Waals surface area contributed by atoms with E-state index in [-0.39, 0.29) is 18.3 Å². The quantitative estimate of drug-likeness (QED) is 0.893. The third-order valence-electron chi connectivity index (χ3n) is 3.88. The SMILES string of the molecule is Cc1ncsc1CN(CC1CCNC1)C(=O)c1ccsc1.Cl. The largest absolute Gasteiger partial charge is 0.333 e. The highest BCUT2D eigenvalue weighted by atomic mass is 35.5. The van der Waals surface area contributed by atoms with E-state index < -0.39 is 0 Å². The minimum Gasteiger partial charge on any atom is -0.333 e. The van der Waals surface area contributed by atoms with Crippen molar-refractivity contribution in [2.24, 2.45) is 5.92 Å². The van der Waals surface area contributed by atoms with Crippen LogP contribution in [0.25, 0.3) is 0 Å². The maximum absolute atomic E-state index is 12.7. The van der Waals surface area contributed by atoms with Crippen LogP contribution in [-0.2, 0) is 6.54 Å². The molecule has 22 heavy (non-hydrogen) atoms. The smallest absolute Gasteiger partial charge is 0.255 e. The zero-order valence-electron chi connectivity index (χ0n) is 12.4. The molecule has 0 radical (unpaired) electrons. The minimum atomic E-state index is 0. The zero-order valence-corrected chi connectivity index (χ0v) is 14.9. The Labute approximate surface area is 145 Å². The van der Waals surface area contributed by atoms with Gasteiger partial charge < -0.3 is 10.2 Å². The zero-order chi connectivity index (χ0) is 14.7. The highest BCUT2D eigenvalue weighted by Gasteiger charge is 2.24. The summed E-state index contributed by atoms with van der Waals surface area (Å²) < 4.78 is 0. The Hall–Kier alpha value is -0.950. The lowest BCUT2D eigenvalue weighted by Gasteiger charge is -2.25. The van der Waals surface area contributed by atoms with Crippen molar-refractivity contribution < 1.29 is 4.79 Å². The molecular formula is C15H20ClN3OS2. The normalized spacial score (nSPS) is 17.2. The van der Waals surface area contributed by atoms with Crippen LogP contribution in [-0.4, -0.2) is 35.4 Å². The Morgan fingerprint density at radius 3 is 3.00 bits per heavy atom. The first-order chi connectivity index (χ1) is 10.2. The average molecular weight is 358 g/mol. The number of nitrogens with one attached hydrogen (secondary N) is 1. The molecule has 1 atom stereocenters. The molecule has 0 spiro atoms. The van der Waals surface area contributed by atoms with E-state index in [0.29, 0.717) is 12.5 Å². The molecule has 0 saturated carbocycles. The lowest BCUT2D eigenvalue weighted by atomic mass is 10.1. The first-order valence-electron chi connectivity index (χ1n) is 7.15. The van der Waals surface area contributed by atoms with Gasteiger partial charge in [0.1, 0.15) is 0 Å². The number of hydrogen-bond acceptors (Lipinski definition) is 5. The highest BCUT2D eigenvalue weighted by Crippen LogP contribution is 2.20. The van der Waals surface area contributed by atoms with Crippen LogP contribution in [0.2, 0.25) is 0 Å². The molecule has 2 aromatic heterocycles. The second kappa shape index (κ2) is 8.06. The van der Waals surface area contributed by atoms with Crippen molar-refractivity contribution in [1.29, 1.82) is 0 Å². The average Bonchev–Trinajstić information content (AvgIpc) is 3.20. The van der Waals surface area contributed by atoms with Crippen LogP contribution >= 0.6 is 35.1 Å². The fraction of sp³-hybridized carbons (Fsp3) is 0.467. The number of aryl methyl sites for hydroxylation is 1. The Kier molecular flexibility index (Phi) is 6.37. The molecule has 7 heteroatoms. The number of thiophene rings is 1. The van der Waals surface area contributed by atoms with Gasteiger partial charge in [-0.2, -0.15) is 11.3 Å². The summed E-state index contributed by atoms with van der Waals surface area (Å²) in [6, 6.07) is 1.91. The summed E-state index contributed by atoms with van der Waals surface area (Å²) in [7, 11) is 0. The second-order valence-electron chi connectivity index (χ2n) is 5.42. The van der Waals surface area contributed by atoms with Gasteiger partial charge in [-0.15, -0.1) is 23.7 Å². The Balaban J connectivity index is 0.00000176. The number of carbonyl (C=O) groups excluding carboxylic acids is 1. The van der Waals surface area contributed by atoms with E-state index in [1.807, 2.05) is 34.2 Å². The number of rotatable bonds is 5. The number of amides is 1. The van der Waals surface area contributed by atoms with Crippen molar-refractivity contribution in [3.8, 4) is 0 Å². The summed E-state index contributed by atoms with van der Waals surface area (Å²) in [6.07, 6.45) is 1.15. The Morgan fingerprint density at radius 1 is 1.55 bits per heavy atom. The monoisotopic (exact) mass is 357 g/mol. The maximum Gasteiger partial charge on any atom is 0.255 e. The van der Waals surface area contributed by atoms with E-state index >= 15 is 0 Å². The van der Waals surface area contributed by atoms with E-state index in [1.165, 1.54) is 4.88 Å². The van der Waals surface area contributed by atoms with E-state index in [1.54, 1.807) is 22.7 Å². The molecule has 1 fully saturated rings. The van der Waals surface area contributed by atoms with Gasteiger partial charge in [-0.05, 0) is 43.8 Å². The predicted octanol–water partition coefficient (Wildman–Crippen LogP) is 3.19. The van der Waals surface area contributed by atoms with Crippen LogP contribution in [0.3, 0.4) is 0 Å². The van der Waals surface area contributed by atoms with E-state index in [4.69, 9.17) is 0 Å². The number of thiazole rings is 1. The fourth-order valence-electron chi connectivity index (χ4n) is 2.62. The molecule has 0 aromatic carbocycles. The molecule has 3 heterocycles. The molecule has 1 aliphatic heterocycles. The van der Waals surface area contributed by atoms with Crippen LogP contribution in [0.4, 0.5) is 0 Å². The Bertz CT molecular complexity index is 594. The fourth-order valence-corrected chi connectivity index (χ4v) is 4.04. The van der Waals surface area contributed by atoms with Crippen molar-refractivity contribution in [2.45, 2.75) is 19.9 Å². The van der Waals surface area contributed by atoms with Crippen LogP contribution in [0, 0.1) is 12.8 Å². The summed E-state index contributed by atoms with van der Waals surface area (Å²) in [4.78, 5) is 20.2. The topological polar surface area (TPSA) is 45.2 Å². The van der Waals surface area contributed by atoms with Gasteiger partial charge >= 0.3 is 0 Å². The summed E-state index contributed by atoms with van der Waals surface area (Å²) in [5.74, 6) is 0.691. The van der Waals surface area contributed by atoms with E-state index in [2.05, 4.69) is 10.3 Å². The molecule has 4 nitrogen and oxygen atoms in total. The second-order valence-corrected chi connectivity index (χ2v) is 7.14. The predicted molar refractivity (Wildman–Crippen MR) is 94.1 cm³/mol. The van der Waals surface area contributed by atoms with Gasteiger partial charge in [-0.3, -0.25) is 4.79 Å². The van der Waals surface area contributed by atoms with Crippen molar-refractivity contribution in [3.63, 3.8) is 0 Å². The van der Waals surface area contributed by atoms with E-state index in [9.17, 15) is 4.79 Å². The first kappa shape index (κ1) is 17.4. The standard InChI is InChI=1S/C15H19N3OS2.ClH/c1-11-14(21-10-17-11)8-18(7-12-2-4-16-6-12)15(19)13-3-5-20-9-13;/h3,5,9-10,12,16H,2,4,6-8H2,1H3;1H. The lowest BCUT2D eigenvalue weighted by molar-refractivity contribution is 0.0721. The first-order valence-corrected chi connectivity index (χ1v) is 8.97. The summed E-state index contributed by atoms with van der Waals surface area (Å²) >= 11 is 3.20. The van der Waals surface area contributed by atoms with Crippen molar-refractivity contribution in [1.82, 2.24) is 15.2 Å². The van der Waals surface area contributed by atoms with Gasteiger partial charge in [-0.25, -0.2) is 4.98 Å². The molecule has 1 unspecified atom stereocenters. The molecule has 1 N–H and O–H groups in total. The van der Waals surface area contributed by atoms with Crippen LogP contribution in [0.1, 0.15) is 27.3 Å². The van der Waals surface area contributed by atoms with E-state index in [0.717, 1.165) is 37.3 Å². The molecule has 0 aliphatic carbocycles. The van der Waals surface area contributed by atoms with Crippen molar-refractivity contribution >= 4 is 41.0 Å². The van der Waals surface area contributed by atoms with Gasteiger partial charge in [0.25, 0.3) is 5.91 Å². The van der Waals surface area contributed by atoms with Gasteiger partial charge in [0.05, 0.1) is 23.3 Å². The third-order valence-corrected chi connectivity index (χ3v) is 5.48. The number of carbonyl (C=O) groups is 1. The van der Waals surface area contributed by atoms with Gasteiger partial charge in [0.2, 0.25) is 0 Å². The maximum atomic E-state index is 12.7. The Morgan fingerprint density at radius 2 is 2.41 bits per heavy atom. The molecule has 2 aromatic rings. The minimum absolute atomic E-state index is 0. The van der Waals surface area contributed by atoms with Gasteiger partial charge in [-0.1, -0.05) is 0 Å². The van der Waals surface area contributed by atoms with Gasteiger partial charge in [0, 0.05) is 16.8 Å². The number of hydrogen-bond donors (Lipinski definition) is 1. The highest BCUT2D eigenvalue weighted by molar-refractivity contribution is 7.09. The molecule has 3 rings (SSSR count). The molecule has 0 bridgehead atoms. The summed E-state index contributed by atoms with van der Waals surface area (Å²) in [6.45, 7) is 5.57. The third kappa shape index (κ3) is 4.07. The number of nitrogens with zero attached hydrogens (tertiary/aromatic N) is 2.